The second-order valence-electron chi connectivity index (χ2n) is 4.41. The lowest BCUT2D eigenvalue weighted by Crippen LogP contribution is -2.03. The van der Waals surface area contributed by atoms with Crippen molar-refractivity contribution in [3.05, 3.63) is 47.0 Å². The van der Waals surface area contributed by atoms with Crippen molar-refractivity contribution in [1.29, 1.82) is 0 Å². The van der Waals surface area contributed by atoms with Crippen molar-refractivity contribution < 1.29 is 14.3 Å². The highest BCUT2D eigenvalue weighted by Gasteiger charge is 2.15. The van der Waals surface area contributed by atoms with Crippen LogP contribution in [0.15, 0.2) is 24.3 Å². The number of aliphatic carboxylic acids is 1. The standard InChI is InChI=1S/C14H15FN2O2/c1-9-11(7-8-14(18)19)10(2)17(16-9)13-6-4-3-5-12(13)15/h3-6H,7-8H2,1-2H3,(H,18,19). The lowest BCUT2D eigenvalue weighted by atomic mass is 10.1. The van der Waals surface area contributed by atoms with E-state index < -0.39 is 5.97 Å². The van der Waals surface area contributed by atoms with Gasteiger partial charge in [-0.05, 0) is 38.0 Å². The van der Waals surface area contributed by atoms with Gasteiger partial charge < -0.3 is 5.11 Å². The number of hydrogen-bond acceptors (Lipinski definition) is 2. The van der Waals surface area contributed by atoms with Gasteiger partial charge in [0, 0.05) is 12.1 Å². The number of rotatable bonds is 4. The summed E-state index contributed by atoms with van der Waals surface area (Å²) in [5, 5.41) is 13.0. The first-order valence-corrected chi connectivity index (χ1v) is 6.02. The Kier molecular flexibility index (Phi) is 3.64. The van der Waals surface area contributed by atoms with Gasteiger partial charge in [0.05, 0.1) is 5.69 Å². The summed E-state index contributed by atoms with van der Waals surface area (Å²) in [6.07, 6.45) is 0.450. The molecule has 1 heterocycles. The molecule has 5 heteroatoms. The van der Waals surface area contributed by atoms with E-state index in [0.29, 0.717) is 12.1 Å². The number of carbonyl (C=O) groups is 1. The summed E-state index contributed by atoms with van der Waals surface area (Å²) < 4.78 is 15.3. The summed E-state index contributed by atoms with van der Waals surface area (Å²) in [5.41, 5.74) is 2.76. The van der Waals surface area contributed by atoms with Crippen LogP contribution in [0.25, 0.3) is 5.69 Å². The average Bonchev–Trinajstić information content (AvgIpc) is 2.63. The number of nitrogens with zero attached hydrogens (tertiary/aromatic N) is 2. The number of aryl methyl sites for hydroxylation is 1. The number of aromatic nitrogens is 2. The second kappa shape index (κ2) is 5.22. The van der Waals surface area contributed by atoms with Crippen molar-refractivity contribution in [3.8, 4) is 5.69 Å². The molecule has 2 rings (SSSR count). The van der Waals surface area contributed by atoms with E-state index in [2.05, 4.69) is 5.10 Å². The fraction of sp³-hybridized carbons (Fsp3) is 0.286. The molecule has 19 heavy (non-hydrogen) atoms. The Morgan fingerprint density at radius 2 is 2.05 bits per heavy atom. The van der Waals surface area contributed by atoms with Crippen LogP contribution in [0.4, 0.5) is 4.39 Å². The van der Waals surface area contributed by atoms with E-state index in [1.165, 1.54) is 10.7 Å². The van der Waals surface area contributed by atoms with Gasteiger partial charge in [0.1, 0.15) is 11.5 Å². The molecule has 0 aliphatic heterocycles. The lowest BCUT2D eigenvalue weighted by Gasteiger charge is -2.06. The summed E-state index contributed by atoms with van der Waals surface area (Å²) in [6.45, 7) is 3.63. The van der Waals surface area contributed by atoms with Crippen LogP contribution in [0.5, 0.6) is 0 Å². The zero-order valence-corrected chi connectivity index (χ0v) is 10.9. The summed E-state index contributed by atoms with van der Waals surface area (Å²) in [6, 6.07) is 6.39. The number of para-hydroxylation sites is 1. The minimum atomic E-state index is -0.850. The van der Waals surface area contributed by atoms with Gasteiger partial charge in [-0.25, -0.2) is 9.07 Å². The third-order valence-corrected chi connectivity index (χ3v) is 3.11. The van der Waals surface area contributed by atoms with Crippen molar-refractivity contribution in [2.45, 2.75) is 26.7 Å². The first-order chi connectivity index (χ1) is 9.00. The summed E-state index contributed by atoms with van der Waals surface area (Å²) in [5.74, 6) is -1.20. The Hall–Kier alpha value is -2.17. The lowest BCUT2D eigenvalue weighted by molar-refractivity contribution is -0.136. The van der Waals surface area contributed by atoms with E-state index in [4.69, 9.17) is 5.11 Å². The maximum absolute atomic E-state index is 13.8. The molecule has 4 nitrogen and oxygen atoms in total. The first kappa shape index (κ1) is 13.3. The van der Waals surface area contributed by atoms with Gasteiger partial charge in [-0.2, -0.15) is 5.10 Å². The SMILES string of the molecule is Cc1nn(-c2ccccc2F)c(C)c1CCC(=O)O. The Bertz CT molecular complexity index is 620. The van der Waals surface area contributed by atoms with Crippen LogP contribution in [-0.2, 0) is 11.2 Å². The Morgan fingerprint density at radius 1 is 1.37 bits per heavy atom. The molecular weight excluding hydrogens is 247 g/mol. The average molecular weight is 262 g/mol. The van der Waals surface area contributed by atoms with Crippen LogP contribution in [0.3, 0.4) is 0 Å². The number of benzene rings is 1. The monoisotopic (exact) mass is 262 g/mol. The van der Waals surface area contributed by atoms with Crippen LogP contribution in [-0.4, -0.2) is 20.9 Å². The molecule has 0 bridgehead atoms. The van der Waals surface area contributed by atoms with Gasteiger partial charge in [0.2, 0.25) is 0 Å². The van der Waals surface area contributed by atoms with E-state index >= 15 is 0 Å². The highest BCUT2D eigenvalue weighted by molar-refractivity contribution is 5.67. The molecule has 0 spiro atoms. The van der Waals surface area contributed by atoms with Gasteiger partial charge in [0.25, 0.3) is 0 Å². The van der Waals surface area contributed by atoms with Crippen LogP contribution in [0.1, 0.15) is 23.4 Å². The first-order valence-electron chi connectivity index (χ1n) is 6.02. The van der Waals surface area contributed by atoms with Gasteiger partial charge in [-0.15, -0.1) is 0 Å². The summed E-state index contributed by atoms with van der Waals surface area (Å²) in [4.78, 5) is 10.6. The van der Waals surface area contributed by atoms with E-state index in [1.807, 2.05) is 13.8 Å². The Labute approximate surface area is 110 Å². The zero-order chi connectivity index (χ0) is 14.0. The molecule has 1 aromatic carbocycles. The van der Waals surface area contributed by atoms with Crippen LogP contribution >= 0.6 is 0 Å². The molecule has 0 unspecified atom stereocenters. The van der Waals surface area contributed by atoms with Crippen LogP contribution in [0.2, 0.25) is 0 Å². The quantitative estimate of drug-likeness (QED) is 0.921. The van der Waals surface area contributed by atoms with E-state index in [9.17, 15) is 9.18 Å². The molecule has 1 N–H and O–H groups in total. The fourth-order valence-electron chi connectivity index (χ4n) is 2.13. The van der Waals surface area contributed by atoms with Gasteiger partial charge in [-0.3, -0.25) is 4.79 Å². The number of carboxylic acid groups (broad SMARTS) is 1. The Balaban J connectivity index is 2.41. The normalized spacial score (nSPS) is 10.7. The van der Waals surface area contributed by atoms with Crippen LogP contribution < -0.4 is 0 Å². The molecule has 0 amide bonds. The molecule has 0 aliphatic rings. The van der Waals surface area contributed by atoms with Crippen molar-refractivity contribution in [2.75, 3.05) is 0 Å². The number of hydrogen-bond donors (Lipinski definition) is 1. The molecule has 1 aromatic heterocycles. The van der Waals surface area contributed by atoms with Crippen molar-refractivity contribution >= 4 is 5.97 Å². The predicted molar refractivity (Wildman–Crippen MR) is 69.0 cm³/mol. The second-order valence-corrected chi connectivity index (χ2v) is 4.41. The molecule has 0 saturated carbocycles. The molecule has 0 saturated heterocycles. The topological polar surface area (TPSA) is 55.1 Å². The molecular formula is C14H15FN2O2. The van der Waals surface area contributed by atoms with Crippen LogP contribution in [0, 0.1) is 19.7 Å². The molecule has 0 fully saturated rings. The Morgan fingerprint density at radius 3 is 2.68 bits per heavy atom. The maximum atomic E-state index is 13.8. The predicted octanol–water partition coefficient (Wildman–Crippen LogP) is 2.65. The van der Waals surface area contributed by atoms with Crippen molar-refractivity contribution in [1.82, 2.24) is 9.78 Å². The minimum absolute atomic E-state index is 0.0463. The molecule has 0 radical (unpaired) electrons. The molecule has 0 aliphatic carbocycles. The summed E-state index contributed by atoms with van der Waals surface area (Å²) in [7, 11) is 0. The molecule has 2 aromatic rings. The van der Waals surface area contributed by atoms with Gasteiger partial charge in [0.15, 0.2) is 0 Å². The summed E-state index contributed by atoms with van der Waals surface area (Å²) >= 11 is 0. The number of carboxylic acids is 1. The molecule has 0 atom stereocenters. The third-order valence-electron chi connectivity index (χ3n) is 3.11. The third kappa shape index (κ3) is 2.65. The largest absolute Gasteiger partial charge is 0.481 e. The maximum Gasteiger partial charge on any atom is 0.303 e. The number of halogens is 1. The highest BCUT2D eigenvalue weighted by Crippen LogP contribution is 2.21. The van der Waals surface area contributed by atoms with Gasteiger partial charge in [-0.1, -0.05) is 12.1 Å². The van der Waals surface area contributed by atoms with Gasteiger partial charge >= 0.3 is 5.97 Å². The zero-order valence-electron chi connectivity index (χ0n) is 10.9. The van der Waals surface area contributed by atoms with E-state index in [0.717, 1.165) is 17.0 Å². The van der Waals surface area contributed by atoms with E-state index in [1.54, 1.807) is 18.2 Å². The molecule has 100 valence electrons. The smallest absolute Gasteiger partial charge is 0.303 e. The van der Waals surface area contributed by atoms with E-state index in [-0.39, 0.29) is 12.2 Å². The van der Waals surface area contributed by atoms with Crippen molar-refractivity contribution in [3.63, 3.8) is 0 Å². The van der Waals surface area contributed by atoms with Crippen molar-refractivity contribution in [2.24, 2.45) is 0 Å². The highest BCUT2D eigenvalue weighted by atomic mass is 19.1. The minimum Gasteiger partial charge on any atom is -0.481 e. The fourth-order valence-corrected chi connectivity index (χ4v) is 2.13.